The van der Waals surface area contributed by atoms with E-state index in [2.05, 4.69) is 24.4 Å². The summed E-state index contributed by atoms with van der Waals surface area (Å²) in [6, 6.07) is 20.1. The number of nitrogens with one attached hydrogen (secondary N) is 1. The molecule has 166 valence electrons. The van der Waals surface area contributed by atoms with Crippen LogP contribution in [-0.4, -0.2) is 40.4 Å². The van der Waals surface area contributed by atoms with Crippen LogP contribution in [0.25, 0.3) is 5.69 Å². The topological polar surface area (TPSA) is 67.2 Å². The zero-order valence-electron chi connectivity index (χ0n) is 18.5. The van der Waals surface area contributed by atoms with Gasteiger partial charge >= 0.3 is 0 Å². The number of para-hydroxylation sites is 1. The minimum absolute atomic E-state index is 0.0172. The SMILES string of the molecule is Cc1nn(-c2ccccc2)c2c1N(CCCC(=O)NC[C@@H](C)c1ccccc1)C(=O)CS2. The van der Waals surface area contributed by atoms with E-state index in [0.717, 1.165) is 22.1 Å². The van der Waals surface area contributed by atoms with Crippen LogP contribution < -0.4 is 10.2 Å². The van der Waals surface area contributed by atoms with Gasteiger partial charge in [0.1, 0.15) is 5.03 Å². The molecule has 0 radical (unpaired) electrons. The quantitative estimate of drug-likeness (QED) is 0.557. The first-order chi connectivity index (χ1) is 15.5. The van der Waals surface area contributed by atoms with Gasteiger partial charge in [0, 0.05) is 19.5 Å². The summed E-state index contributed by atoms with van der Waals surface area (Å²) in [6.07, 6.45) is 0.997. The molecule has 1 aliphatic rings. The molecule has 7 heteroatoms. The van der Waals surface area contributed by atoms with Gasteiger partial charge in [-0.1, -0.05) is 67.2 Å². The van der Waals surface area contributed by atoms with Crippen molar-refractivity contribution in [3.05, 3.63) is 71.9 Å². The Labute approximate surface area is 193 Å². The highest BCUT2D eigenvalue weighted by Crippen LogP contribution is 2.39. The Morgan fingerprint density at radius 2 is 1.81 bits per heavy atom. The Morgan fingerprint density at radius 1 is 1.12 bits per heavy atom. The van der Waals surface area contributed by atoms with E-state index >= 15 is 0 Å². The number of aromatic nitrogens is 2. The van der Waals surface area contributed by atoms with Crippen LogP contribution in [0.2, 0.25) is 0 Å². The fourth-order valence-corrected chi connectivity index (χ4v) is 4.98. The van der Waals surface area contributed by atoms with Crippen molar-refractivity contribution in [2.75, 3.05) is 23.7 Å². The summed E-state index contributed by atoms with van der Waals surface area (Å²) in [6.45, 7) is 5.15. The Kier molecular flexibility index (Phi) is 6.95. The Bertz CT molecular complexity index is 1080. The third-order valence-corrected chi connectivity index (χ3v) is 6.68. The summed E-state index contributed by atoms with van der Waals surface area (Å²) >= 11 is 1.52. The first-order valence-corrected chi connectivity index (χ1v) is 11.9. The van der Waals surface area contributed by atoms with E-state index in [1.54, 1.807) is 4.90 Å². The summed E-state index contributed by atoms with van der Waals surface area (Å²) in [4.78, 5) is 26.8. The molecular weight excluding hydrogens is 420 g/mol. The minimum atomic E-state index is 0.0172. The molecule has 1 aliphatic heterocycles. The number of anilines is 1. The molecule has 1 N–H and O–H groups in total. The lowest BCUT2D eigenvalue weighted by atomic mass is 10.0. The van der Waals surface area contributed by atoms with Gasteiger partial charge < -0.3 is 10.2 Å². The zero-order chi connectivity index (χ0) is 22.5. The standard InChI is InChI=1S/C25H28N4O2S/c1-18(20-10-5-3-6-11-20)16-26-22(30)14-9-15-28-23(31)17-32-25-24(28)19(2)27-29(25)21-12-7-4-8-13-21/h3-8,10-13,18H,9,14-17H2,1-2H3,(H,26,30)/t18-/m1/s1. The number of rotatable bonds is 8. The van der Waals surface area contributed by atoms with Crippen LogP contribution in [0.5, 0.6) is 0 Å². The van der Waals surface area contributed by atoms with Crippen molar-refractivity contribution in [3.63, 3.8) is 0 Å². The van der Waals surface area contributed by atoms with E-state index in [-0.39, 0.29) is 17.7 Å². The molecule has 2 amide bonds. The first kappa shape index (κ1) is 22.1. The molecule has 1 atom stereocenters. The van der Waals surface area contributed by atoms with Crippen molar-refractivity contribution in [2.24, 2.45) is 0 Å². The van der Waals surface area contributed by atoms with Gasteiger partial charge in [0.15, 0.2) is 0 Å². The van der Waals surface area contributed by atoms with Crippen molar-refractivity contribution in [1.82, 2.24) is 15.1 Å². The number of benzene rings is 2. The fourth-order valence-electron chi connectivity index (χ4n) is 3.90. The van der Waals surface area contributed by atoms with Crippen LogP contribution in [0.15, 0.2) is 65.7 Å². The number of hydrogen-bond donors (Lipinski definition) is 1. The average molecular weight is 449 g/mol. The maximum atomic E-state index is 12.7. The lowest BCUT2D eigenvalue weighted by molar-refractivity contribution is -0.121. The van der Waals surface area contributed by atoms with Gasteiger partial charge in [-0.25, -0.2) is 4.68 Å². The molecule has 0 spiro atoms. The van der Waals surface area contributed by atoms with Gasteiger partial charge in [-0.05, 0) is 37.0 Å². The number of fused-ring (bicyclic) bond motifs is 1. The highest BCUT2D eigenvalue weighted by atomic mass is 32.2. The summed E-state index contributed by atoms with van der Waals surface area (Å²) in [5.41, 5.74) is 3.88. The summed E-state index contributed by atoms with van der Waals surface area (Å²) in [7, 11) is 0. The second-order valence-electron chi connectivity index (χ2n) is 8.04. The number of aryl methyl sites for hydroxylation is 1. The number of carbonyl (C=O) groups excluding carboxylic acids is 2. The first-order valence-electron chi connectivity index (χ1n) is 10.9. The molecule has 0 bridgehead atoms. The van der Waals surface area contributed by atoms with Crippen LogP contribution in [0.4, 0.5) is 5.69 Å². The maximum absolute atomic E-state index is 12.7. The van der Waals surface area contributed by atoms with Gasteiger partial charge in [-0.15, -0.1) is 0 Å². The Balaban J connectivity index is 1.36. The number of carbonyl (C=O) groups is 2. The minimum Gasteiger partial charge on any atom is -0.356 e. The number of nitrogens with zero attached hydrogens (tertiary/aromatic N) is 3. The van der Waals surface area contributed by atoms with E-state index in [0.29, 0.717) is 31.7 Å². The second-order valence-corrected chi connectivity index (χ2v) is 9.00. The van der Waals surface area contributed by atoms with Gasteiger partial charge in [0.25, 0.3) is 0 Å². The third-order valence-electron chi connectivity index (χ3n) is 5.65. The molecule has 0 aliphatic carbocycles. The zero-order valence-corrected chi connectivity index (χ0v) is 19.3. The molecule has 6 nitrogen and oxygen atoms in total. The van der Waals surface area contributed by atoms with E-state index in [4.69, 9.17) is 5.10 Å². The van der Waals surface area contributed by atoms with E-state index in [1.165, 1.54) is 17.3 Å². The predicted molar refractivity (Wildman–Crippen MR) is 128 cm³/mol. The van der Waals surface area contributed by atoms with Crippen LogP contribution >= 0.6 is 11.8 Å². The predicted octanol–water partition coefficient (Wildman–Crippen LogP) is 4.32. The molecule has 0 fully saturated rings. The molecule has 4 rings (SSSR count). The smallest absolute Gasteiger partial charge is 0.237 e. The highest BCUT2D eigenvalue weighted by molar-refractivity contribution is 8.00. The van der Waals surface area contributed by atoms with Gasteiger partial charge in [-0.2, -0.15) is 5.10 Å². The molecule has 0 unspecified atom stereocenters. The van der Waals surface area contributed by atoms with Crippen LogP contribution in [0.1, 0.15) is 36.9 Å². The molecule has 2 heterocycles. The summed E-state index contributed by atoms with van der Waals surface area (Å²) < 4.78 is 1.91. The van der Waals surface area contributed by atoms with Crippen molar-refractivity contribution in [1.29, 1.82) is 0 Å². The third kappa shape index (κ3) is 4.88. The van der Waals surface area contributed by atoms with Gasteiger partial charge in [-0.3, -0.25) is 9.59 Å². The van der Waals surface area contributed by atoms with Crippen LogP contribution in [0.3, 0.4) is 0 Å². The molecular formula is C25H28N4O2S. The lowest BCUT2D eigenvalue weighted by Gasteiger charge is -2.27. The molecule has 32 heavy (non-hydrogen) atoms. The lowest BCUT2D eigenvalue weighted by Crippen LogP contribution is -2.37. The molecule has 0 saturated heterocycles. The molecule has 2 aromatic carbocycles. The Hall–Kier alpha value is -3.06. The molecule has 3 aromatic rings. The highest BCUT2D eigenvalue weighted by Gasteiger charge is 2.31. The molecule has 0 saturated carbocycles. The number of hydrogen-bond acceptors (Lipinski definition) is 4. The van der Waals surface area contributed by atoms with Crippen molar-refractivity contribution < 1.29 is 9.59 Å². The largest absolute Gasteiger partial charge is 0.356 e. The summed E-state index contributed by atoms with van der Waals surface area (Å²) in [5, 5.41) is 8.69. The van der Waals surface area contributed by atoms with Crippen molar-refractivity contribution in [2.45, 2.75) is 37.6 Å². The number of thioether (sulfide) groups is 1. The van der Waals surface area contributed by atoms with Crippen molar-refractivity contribution >= 4 is 29.3 Å². The molecule has 1 aromatic heterocycles. The van der Waals surface area contributed by atoms with Gasteiger partial charge in [0.2, 0.25) is 11.8 Å². The van der Waals surface area contributed by atoms with Crippen molar-refractivity contribution in [3.8, 4) is 5.69 Å². The maximum Gasteiger partial charge on any atom is 0.237 e. The van der Waals surface area contributed by atoms with Crippen LogP contribution in [-0.2, 0) is 9.59 Å². The fraction of sp³-hybridized carbons (Fsp3) is 0.320. The normalized spacial score (nSPS) is 14.2. The van der Waals surface area contributed by atoms with E-state index < -0.39 is 0 Å². The number of amides is 2. The monoisotopic (exact) mass is 448 g/mol. The van der Waals surface area contributed by atoms with Crippen LogP contribution in [0, 0.1) is 6.92 Å². The Morgan fingerprint density at radius 3 is 2.53 bits per heavy atom. The van der Waals surface area contributed by atoms with Gasteiger partial charge in [0.05, 0.1) is 22.8 Å². The second kappa shape index (κ2) is 10.0. The van der Waals surface area contributed by atoms with E-state index in [1.807, 2.05) is 60.1 Å². The average Bonchev–Trinajstić information content (AvgIpc) is 3.16. The van der Waals surface area contributed by atoms with E-state index in [9.17, 15) is 9.59 Å². The summed E-state index contributed by atoms with van der Waals surface area (Å²) in [5.74, 6) is 0.723.